The van der Waals surface area contributed by atoms with E-state index in [1.165, 1.54) is 6.33 Å². The molecule has 1 aliphatic carbocycles. The Hall–Kier alpha value is -0.940. The standard InChI is InChI=1S/C12H21N3O2/c1-2-15-11(13-9-14-15)8-10(16)12(17)6-4-3-5-7-12/h9-10,16-17H,2-8H2,1H3. The lowest BCUT2D eigenvalue weighted by molar-refractivity contribution is -0.0969. The molecule has 0 bridgehead atoms. The first-order valence-corrected chi connectivity index (χ1v) is 6.43. The number of aryl methyl sites for hydroxylation is 1. The quantitative estimate of drug-likeness (QED) is 0.819. The van der Waals surface area contributed by atoms with Crippen LogP contribution in [0.5, 0.6) is 0 Å². The van der Waals surface area contributed by atoms with Gasteiger partial charge in [-0.3, -0.25) is 4.68 Å². The summed E-state index contributed by atoms with van der Waals surface area (Å²) in [7, 11) is 0. The zero-order valence-corrected chi connectivity index (χ0v) is 10.3. The third kappa shape index (κ3) is 2.66. The van der Waals surface area contributed by atoms with Gasteiger partial charge >= 0.3 is 0 Å². The van der Waals surface area contributed by atoms with Crippen molar-refractivity contribution in [3.63, 3.8) is 0 Å². The van der Waals surface area contributed by atoms with Crippen LogP contribution >= 0.6 is 0 Å². The molecule has 0 aliphatic heterocycles. The van der Waals surface area contributed by atoms with Crippen LogP contribution < -0.4 is 0 Å². The van der Waals surface area contributed by atoms with Gasteiger partial charge in [-0.2, -0.15) is 5.10 Å². The molecule has 0 aromatic carbocycles. The second-order valence-electron chi connectivity index (χ2n) is 4.88. The van der Waals surface area contributed by atoms with Crippen molar-refractivity contribution in [2.75, 3.05) is 0 Å². The van der Waals surface area contributed by atoms with Crippen LogP contribution in [0, 0.1) is 0 Å². The van der Waals surface area contributed by atoms with E-state index in [2.05, 4.69) is 10.1 Å². The number of hydrogen-bond acceptors (Lipinski definition) is 4. The van der Waals surface area contributed by atoms with Gasteiger partial charge in [0.2, 0.25) is 0 Å². The maximum absolute atomic E-state index is 10.4. The van der Waals surface area contributed by atoms with Gasteiger partial charge in [0.05, 0.1) is 11.7 Å². The van der Waals surface area contributed by atoms with Gasteiger partial charge in [0.1, 0.15) is 12.2 Å². The normalized spacial score (nSPS) is 21.4. The molecule has 17 heavy (non-hydrogen) atoms. The second kappa shape index (κ2) is 5.14. The highest BCUT2D eigenvalue weighted by atomic mass is 16.3. The first kappa shape index (κ1) is 12.5. The Morgan fingerprint density at radius 1 is 1.41 bits per heavy atom. The van der Waals surface area contributed by atoms with Crippen molar-refractivity contribution < 1.29 is 10.2 Å². The molecule has 5 heteroatoms. The molecule has 0 saturated heterocycles. The van der Waals surface area contributed by atoms with Crippen LogP contribution in [-0.2, 0) is 13.0 Å². The van der Waals surface area contributed by atoms with Crippen LogP contribution in [0.2, 0.25) is 0 Å². The minimum absolute atomic E-state index is 0.379. The number of nitrogens with zero attached hydrogens (tertiary/aromatic N) is 3. The van der Waals surface area contributed by atoms with Crippen molar-refractivity contribution in [2.24, 2.45) is 0 Å². The SMILES string of the molecule is CCn1ncnc1CC(O)C1(O)CCCCC1. The highest BCUT2D eigenvalue weighted by Crippen LogP contribution is 2.32. The Bertz CT molecular complexity index is 358. The van der Waals surface area contributed by atoms with E-state index < -0.39 is 11.7 Å². The third-order valence-corrected chi connectivity index (χ3v) is 3.71. The van der Waals surface area contributed by atoms with Crippen LogP contribution in [0.1, 0.15) is 44.9 Å². The van der Waals surface area contributed by atoms with E-state index in [0.717, 1.165) is 31.6 Å². The zero-order valence-electron chi connectivity index (χ0n) is 10.3. The summed E-state index contributed by atoms with van der Waals surface area (Å²) in [5.74, 6) is 0.749. The molecule has 1 aliphatic rings. The van der Waals surface area contributed by atoms with Crippen molar-refractivity contribution in [1.82, 2.24) is 14.8 Å². The van der Waals surface area contributed by atoms with Gasteiger partial charge in [-0.25, -0.2) is 4.98 Å². The second-order valence-corrected chi connectivity index (χ2v) is 4.88. The summed E-state index contributed by atoms with van der Waals surface area (Å²) in [6.45, 7) is 2.72. The van der Waals surface area contributed by atoms with E-state index >= 15 is 0 Å². The van der Waals surface area contributed by atoms with Crippen LogP contribution in [0.25, 0.3) is 0 Å². The Morgan fingerprint density at radius 3 is 2.76 bits per heavy atom. The smallest absolute Gasteiger partial charge is 0.138 e. The summed E-state index contributed by atoms with van der Waals surface area (Å²) in [6, 6.07) is 0. The third-order valence-electron chi connectivity index (χ3n) is 3.71. The Kier molecular flexibility index (Phi) is 3.79. The fourth-order valence-corrected chi connectivity index (χ4v) is 2.57. The van der Waals surface area contributed by atoms with Crippen molar-refractivity contribution in [1.29, 1.82) is 0 Å². The molecule has 0 radical (unpaired) electrons. The molecule has 2 N–H and O–H groups in total. The molecular formula is C12H21N3O2. The van der Waals surface area contributed by atoms with Gasteiger partial charge in [-0.15, -0.1) is 0 Å². The molecule has 96 valence electrons. The first-order valence-electron chi connectivity index (χ1n) is 6.43. The summed E-state index contributed by atoms with van der Waals surface area (Å²) < 4.78 is 1.76. The molecule has 1 fully saturated rings. The topological polar surface area (TPSA) is 71.2 Å². The number of rotatable bonds is 4. The lowest BCUT2D eigenvalue weighted by atomic mass is 9.79. The molecule has 1 unspecified atom stereocenters. The number of aromatic nitrogens is 3. The van der Waals surface area contributed by atoms with Gasteiger partial charge in [0, 0.05) is 13.0 Å². The largest absolute Gasteiger partial charge is 0.390 e. The van der Waals surface area contributed by atoms with Crippen LogP contribution in [0.3, 0.4) is 0 Å². The minimum Gasteiger partial charge on any atom is -0.390 e. The molecule has 0 amide bonds. The molecule has 1 aromatic heterocycles. The molecule has 5 nitrogen and oxygen atoms in total. The van der Waals surface area contributed by atoms with Crippen LogP contribution in [0.15, 0.2) is 6.33 Å². The number of aliphatic hydroxyl groups excluding tert-OH is 1. The summed E-state index contributed by atoms with van der Waals surface area (Å²) >= 11 is 0. The van der Waals surface area contributed by atoms with Gasteiger partial charge in [-0.1, -0.05) is 19.3 Å². The monoisotopic (exact) mass is 239 g/mol. The van der Waals surface area contributed by atoms with Crippen LogP contribution in [-0.4, -0.2) is 36.7 Å². The zero-order chi connectivity index (χ0) is 12.3. The Labute approximate surface area is 101 Å². The highest BCUT2D eigenvalue weighted by Gasteiger charge is 2.37. The lowest BCUT2D eigenvalue weighted by Crippen LogP contribution is -2.45. The van der Waals surface area contributed by atoms with Crippen molar-refractivity contribution in [3.05, 3.63) is 12.2 Å². The van der Waals surface area contributed by atoms with Crippen molar-refractivity contribution in [2.45, 2.75) is 63.7 Å². The van der Waals surface area contributed by atoms with Crippen LogP contribution in [0.4, 0.5) is 0 Å². The average Bonchev–Trinajstić information content (AvgIpc) is 2.77. The maximum atomic E-state index is 10.4. The molecule has 0 spiro atoms. The van der Waals surface area contributed by atoms with E-state index in [9.17, 15) is 10.2 Å². The fraction of sp³-hybridized carbons (Fsp3) is 0.833. The van der Waals surface area contributed by atoms with E-state index in [1.54, 1.807) is 4.68 Å². The predicted octanol–water partition coefficient (Wildman–Crippen LogP) is 0.897. The molecule has 1 atom stereocenters. The van der Waals surface area contributed by atoms with E-state index in [1.807, 2.05) is 6.92 Å². The molecular weight excluding hydrogens is 218 g/mol. The predicted molar refractivity (Wildman–Crippen MR) is 63.4 cm³/mol. The van der Waals surface area contributed by atoms with Crippen molar-refractivity contribution in [3.8, 4) is 0 Å². The average molecular weight is 239 g/mol. The number of hydrogen-bond donors (Lipinski definition) is 2. The fourth-order valence-electron chi connectivity index (χ4n) is 2.57. The first-order chi connectivity index (χ1) is 8.15. The molecule has 1 heterocycles. The van der Waals surface area contributed by atoms with E-state index in [4.69, 9.17) is 0 Å². The summed E-state index contributed by atoms with van der Waals surface area (Å²) in [5.41, 5.74) is -0.928. The lowest BCUT2D eigenvalue weighted by Gasteiger charge is -2.36. The number of aliphatic hydroxyl groups is 2. The van der Waals surface area contributed by atoms with Crippen molar-refractivity contribution >= 4 is 0 Å². The Balaban J connectivity index is 2.02. The highest BCUT2D eigenvalue weighted by molar-refractivity contribution is 4.96. The van der Waals surface area contributed by atoms with Gasteiger partial charge in [-0.05, 0) is 19.8 Å². The molecule has 1 saturated carbocycles. The molecule has 2 rings (SSSR count). The summed E-state index contributed by atoms with van der Waals surface area (Å²) in [4.78, 5) is 4.13. The summed E-state index contributed by atoms with van der Waals surface area (Å²) in [5, 5.41) is 24.7. The van der Waals surface area contributed by atoms with Gasteiger partial charge in [0.15, 0.2) is 0 Å². The van der Waals surface area contributed by atoms with Gasteiger partial charge in [0.25, 0.3) is 0 Å². The summed E-state index contributed by atoms with van der Waals surface area (Å²) in [6.07, 6.45) is 5.66. The molecule has 1 aromatic rings. The van der Waals surface area contributed by atoms with Gasteiger partial charge < -0.3 is 10.2 Å². The van der Waals surface area contributed by atoms with E-state index in [-0.39, 0.29) is 0 Å². The van der Waals surface area contributed by atoms with E-state index in [0.29, 0.717) is 19.3 Å². The Morgan fingerprint density at radius 2 is 2.12 bits per heavy atom. The minimum atomic E-state index is -0.928. The maximum Gasteiger partial charge on any atom is 0.138 e.